The molecule has 0 aromatic carbocycles. The topological polar surface area (TPSA) is 74.6 Å². The number of carboxylic acids is 2. The zero-order valence-corrected chi connectivity index (χ0v) is 6.13. The molecule has 2 N–H and O–H groups in total. The number of carboxylic acid groups (broad SMARTS) is 2. The van der Waals surface area contributed by atoms with Crippen LogP contribution in [0.3, 0.4) is 0 Å². The Morgan fingerprint density at radius 2 is 1.00 bits per heavy atom. The number of aliphatic carboxylic acids is 2. The molecule has 68 valence electrons. The van der Waals surface area contributed by atoms with Gasteiger partial charge in [0, 0.05) is 12.8 Å². The molecule has 0 spiro atoms. The van der Waals surface area contributed by atoms with Gasteiger partial charge in [-0.1, -0.05) is 13.8 Å². The van der Waals surface area contributed by atoms with E-state index in [1.807, 2.05) is 0 Å². The van der Waals surface area contributed by atoms with Crippen LogP contribution in [0, 0.1) is 0 Å². The molecule has 0 saturated heterocycles. The summed E-state index contributed by atoms with van der Waals surface area (Å²) in [6.07, 6.45) is 0.444. The first-order valence-electron chi connectivity index (χ1n) is 2.98. The van der Waals surface area contributed by atoms with Crippen LogP contribution in [-0.2, 0) is 9.59 Å². The van der Waals surface area contributed by atoms with Gasteiger partial charge in [0.25, 0.3) is 0 Å². The summed E-state index contributed by atoms with van der Waals surface area (Å²) in [5, 5.41) is 15.4. The molecule has 0 amide bonds. The van der Waals surface area contributed by atoms with Crippen molar-refractivity contribution in [3.05, 3.63) is 0 Å². The average molecular weight is 232 g/mol. The third kappa shape index (κ3) is 42.1. The molecule has 0 heterocycles. The van der Waals surface area contributed by atoms with Gasteiger partial charge in [0.05, 0.1) is 0 Å². The van der Waals surface area contributed by atoms with Gasteiger partial charge in [-0.05, 0) is 0 Å². The third-order valence-electron chi connectivity index (χ3n) is 0.605. The predicted molar refractivity (Wildman–Crippen MR) is 52.9 cm³/mol. The van der Waals surface area contributed by atoms with Gasteiger partial charge in [0.15, 0.2) is 0 Å². The van der Waals surface area contributed by atoms with E-state index in [1.165, 1.54) is 0 Å². The van der Waals surface area contributed by atoms with E-state index in [2.05, 4.69) is 0 Å². The Bertz CT molecular complexity index is 102. The first-order valence-corrected chi connectivity index (χ1v) is 2.98. The van der Waals surface area contributed by atoms with Gasteiger partial charge in [0.1, 0.15) is 0 Å². The fourth-order valence-electron chi connectivity index (χ4n) is 0. The molecule has 0 rings (SSSR count). The fraction of sp³-hybridized carbons (Fsp3) is 0.667. The van der Waals surface area contributed by atoms with Crippen LogP contribution in [0.4, 0.5) is 0 Å². The molecule has 0 fully saturated rings. The van der Waals surface area contributed by atoms with Crippen LogP contribution >= 0.6 is 0 Å². The van der Waals surface area contributed by atoms with Crippen molar-refractivity contribution < 1.29 is 19.8 Å². The molecule has 0 bridgehead atoms. The molecule has 12 heavy (non-hydrogen) atoms. The molecule has 0 aromatic heterocycles. The molecule has 6 heteroatoms. The third-order valence-corrected chi connectivity index (χ3v) is 0.605. The minimum atomic E-state index is -0.745. The molecule has 0 unspecified atom stereocenters. The van der Waals surface area contributed by atoms with Crippen molar-refractivity contribution in [2.75, 3.05) is 0 Å². The van der Waals surface area contributed by atoms with Crippen molar-refractivity contribution in [2.24, 2.45) is 0 Å². The Morgan fingerprint density at radius 1 is 0.917 bits per heavy atom. The second kappa shape index (κ2) is 18.3. The average Bonchev–Trinajstić information content (AvgIpc) is 1.89. The van der Waals surface area contributed by atoms with Crippen molar-refractivity contribution >= 4 is 87.4 Å². The van der Waals surface area contributed by atoms with Gasteiger partial charge in [-0.2, -0.15) is 0 Å². The van der Waals surface area contributed by atoms with Gasteiger partial charge in [0.2, 0.25) is 0 Å². The van der Waals surface area contributed by atoms with Gasteiger partial charge < -0.3 is 10.2 Å². The van der Waals surface area contributed by atoms with Crippen LogP contribution in [0.5, 0.6) is 0 Å². The van der Waals surface area contributed by atoms with Gasteiger partial charge in [-0.3, -0.25) is 9.59 Å². The summed E-state index contributed by atoms with van der Waals surface area (Å²) in [4.78, 5) is 18.7. The summed E-state index contributed by atoms with van der Waals surface area (Å²) in [5.74, 6) is -1.49. The summed E-state index contributed by atoms with van der Waals surface area (Å²) >= 11 is 0. The summed E-state index contributed by atoms with van der Waals surface area (Å²) < 4.78 is 0. The Balaban J connectivity index is -0.0000000457. The zero-order chi connectivity index (χ0) is 8.57. The van der Waals surface area contributed by atoms with E-state index in [0.29, 0.717) is 0 Å². The van der Waals surface area contributed by atoms with Crippen LogP contribution < -0.4 is 0 Å². The maximum absolute atomic E-state index is 9.37. The van der Waals surface area contributed by atoms with Crippen molar-refractivity contribution in [1.82, 2.24) is 0 Å². The van der Waals surface area contributed by atoms with Crippen molar-refractivity contribution in [1.29, 1.82) is 0 Å². The Morgan fingerprint density at radius 3 is 1.00 bits per heavy atom. The van der Waals surface area contributed by atoms with Gasteiger partial charge in [-0.15, -0.1) is 0 Å². The van der Waals surface area contributed by atoms with E-state index in [9.17, 15) is 9.59 Å². The van der Waals surface area contributed by atoms with E-state index < -0.39 is 11.9 Å². The Labute approximate surface area is 132 Å². The summed E-state index contributed by atoms with van der Waals surface area (Å²) in [5.41, 5.74) is 0. The normalized spacial score (nSPS) is 6.17. The van der Waals surface area contributed by atoms with E-state index in [4.69, 9.17) is 10.2 Å². The van der Waals surface area contributed by atoms with Crippen molar-refractivity contribution in [2.45, 2.75) is 26.7 Å². The molecule has 4 nitrogen and oxygen atoms in total. The maximum atomic E-state index is 9.37. The van der Waals surface area contributed by atoms with Crippen LogP contribution in [0.15, 0.2) is 0 Å². The summed E-state index contributed by atoms with van der Waals surface area (Å²) in [7, 11) is 0. The standard InChI is InChI=1S/2C3H6O2.2Ca.4H/c2*1-2-3(4)5;;;;;;/h2*2H2,1H3,(H,4,5);;;;;;. The summed E-state index contributed by atoms with van der Waals surface area (Å²) in [6, 6.07) is 0. The fourth-order valence-corrected chi connectivity index (χ4v) is 0. The van der Waals surface area contributed by atoms with Gasteiger partial charge in [-0.25, -0.2) is 0 Å². The molecule has 0 radical (unpaired) electrons. The monoisotopic (exact) mass is 232 g/mol. The van der Waals surface area contributed by atoms with Crippen molar-refractivity contribution in [3.8, 4) is 0 Å². The molecule has 0 atom stereocenters. The van der Waals surface area contributed by atoms with E-state index in [0.717, 1.165) is 0 Å². The molecule has 0 aliphatic rings. The first-order chi connectivity index (χ1) is 4.54. The molecule has 0 aliphatic carbocycles. The predicted octanol–water partition coefficient (Wildman–Crippen LogP) is -0.870. The SMILES string of the molecule is CCC(=O)O.CCC(=O)O.[CaH2].[CaH2]. The minimum absolute atomic E-state index is 0. The van der Waals surface area contributed by atoms with E-state index >= 15 is 0 Å². The number of rotatable bonds is 2. The molecule has 0 aliphatic heterocycles. The van der Waals surface area contributed by atoms with E-state index in [1.54, 1.807) is 13.8 Å². The Kier molecular flexibility index (Phi) is 35.6. The van der Waals surface area contributed by atoms with Crippen LogP contribution in [0.2, 0.25) is 0 Å². The summed E-state index contributed by atoms with van der Waals surface area (Å²) in [6.45, 7) is 3.20. The zero-order valence-electron chi connectivity index (χ0n) is 6.13. The molecule has 0 saturated carbocycles. The van der Waals surface area contributed by atoms with Crippen LogP contribution in [0.25, 0.3) is 0 Å². The van der Waals surface area contributed by atoms with Crippen molar-refractivity contribution in [3.63, 3.8) is 0 Å². The van der Waals surface area contributed by atoms with E-state index in [-0.39, 0.29) is 88.3 Å². The molecular weight excluding hydrogens is 216 g/mol. The molecule has 0 aromatic rings. The molecular formula is C6H16Ca2O4. The second-order valence-electron chi connectivity index (χ2n) is 1.49. The number of carbonyl (C=O) groups is 2. The van der Waals surface area contributed by atoms with Crippen LogP contribution in [-0.4, -0.2) is 97.6 Å². The Hall–Kier alpha value is 1.46. The second-order valence-corrected chi connectivity index (χ2v) is 1.49. The number of hydrogen-bond acceptors (Lipinski definition) is 2. The number of hydrogen-bond donors (Lipinski definition) is 2. The quantitative estimate of drug-likeness (QED) is 0.607. The van der Waals surface area contributed by atoms with Gasteiger partial charge >= 0.3 is 87.4 Å². The van der Waals surface area contributed by atoms with Crippen LogP contribution in [0.1, 0.15) is 26.7 Å². The first kappa shape index (κ1) is 23.4.